The molecule has 1 aliphatic carbocycles. The van der Waals surface area contributed by atoms with Crippen molar-refractivity contribution in [2.24, 2.45) is 5.92 Å². The smallest absolute Gasteiger partial charge is 0.322 e. The number of amides is 4. The Hall–Kier alpha value is -1.73. The molecule has 0 atom stereocenters. The Morgan fingerprint density at radius 3 is 2.60 bits per heavy atom. The van der Waals surface area contributed by atoms with E-state index in [0.717, 1.165) is 22.7 Å². The summed E-state index contributed by atoms with van der Waals surface area (Å²) in [5.74, 6) is -0.100. The molecule has 0 bridgehead atoms. The highest BCUT2D eigenvalue weighted by molar-refractivity contribution is 8.00. The van der Waals surface area contributed by atoms with Crippen LogP contribution in [0.5, 0.6) is 0 Å². The summed E-state index contributed by atoms with van der Waals surface area (Å²) in [5.41, 5.74) is 1.58. The first-order valence-corrected chi connectivity index (χ1v) is 9.60. The van der Waals surface area contributed by atoms with Gasteiger partial charge < -0.3 is 5.32 Å². The molecular formula is C17H20ClN3O3S. The van der Waals surface area contributed by atoms with Crippen LogP contribution in [0.2, 0.25) is 5.02 Å². The topological polar surface area (TPSA) is 78.5 Å². The molecule has 2 fully saturated rings. The van der Waals surface area contributed by atoms with Crippen molar-refractivity contribution < 1.29 is 14.4 Å². The molecule has 1 spiro atoms. The zero-order valence-corrected chi connectivity index (χ0v) is 15.5. The van der Waals surface area contributed by atoms with Crippen molar-refractivity contribution in [1.82, 2.24) is 15.8 Å². The second-order valence-electron chi connectivity index (χ2n) is 6.61. The Kier molecular flexibility index (Phi) is 5.24. The van der Waals surface area contributed by atoms with Crippen molar-refractivity contribution >= 4 is 41.2 Å². The Morgan fingerprint density at radius 2 is 1.96 bits per heavy atom. The number of urea groups is 1. The lowest BCUT2D eigenvalue weighted by Crippen LogP contribution is -2.51. The SMILES string of the molecule is CC1CCC2(CC1)NC(=O)N(NC(=O)CSc1ccc(Cl)cc1)C2=O. The minimum absolute atomic E-state index is 0.0999. The second kappa shape index (κ2) is 7.25. The van der Waals surface area contributed by atoms with E-state index in [1.807, 2.05) is 12.1 Å². The summed E-state index contributed by atoms with van der Waals surface area (Å²) in [6, 6.07) is 6.56. The first kappa shape index (κ1) is 18.1. The predicted molar refractivity (Wildman–Crippen MR) is 96.1 cm³/mol. The third-order valence-corrected chi connectivity index (χ3v) is 5.97. The Morgan fingerprint density at radius 1 is 1.32 bits per heavy atom. The van der Waals surface area contributed by atoms with E-state index in [1.165, 1.54) is 11.8 Å². The van der Waals surface area contributed by atoms with Gasteiger partial charge in [-0.3, -0.25) is 15.0 Å². The third kappa shape index (κ3) is 3.93. The van der Waals surface area contributed by atoms with Crippen molar-refractivity contribution in [2.45, 2.75) is 43.0 Å². The molecule has 8 heteroatoms. The number of nitrogens with zero attached hydrogens (tertiary/aromatic N) is 1. The molecule has 4 amide bonds. The quantitative estimate of drug-likeness (QED) is 0.620. The molecule has 1 saturated carbocycles. The zero-order valence-electron chi connectivity index (χ0n) is 13.9. The van der Waals surface area contributed by atoms with Gasteiger partial charge in [0.05, 0.1) is 5.75 Å². The fourth-order valence-corrected chi connectivity index (χ4v) is 3.97. The molecule has 1 saturated heterocycles. The monoisotopic (exact) mass is 381 g/mol. The van der Waals surface area contributed by atoms with Gasteiger partial charge in [-0.2, -0.15) is 5.01 Å². The van der Waals surface area contributed by atoms with Gasteiger partial charge >= 0.3 is 6.03 Å². The van der Waals surface area contributed by atoms with Crippen molar-refractivity contribution in [2.75, 3.05) is 5.75 Å². The van der Waals surface area contributed by atoms with Gasteiger partial charge in [0, 0.05) is 9.92 Å². The molecule has 1 aliphatic heterocycles. The summed E-state index contributed by atoms with van der Waals surface area (Å²) >= 11 is 7.13. The average molecular weight is 382 g/mol. The van der Waals surface area contributed by atoms with Crippen molar-refractivity contribution in [3.63, 3.8) is 0 Å². The number of imide groups is 1. The minimum atomic E-state index is -0.847. The Bertz CT molecular complexity index is 687. The molecule has 0 unspecified atom stereocenters. The number of rotatable bonds is 4. The summed E-state index contributed by atoms with van der Waals surface area (Å²) in [5, 5.41) is 4.24. The van der Waals surface area contributed by atoms with Crippen LogP contribution in [-0.2, 0) is 9.59 Å². The summed E-state index contributed by atoms with van der Waals surface area (Å²) in [7, 11) is 0. The number of hydrogen-bond donors (Lipinski definition) is 2. The normalized spacial score (nSPS) is 26.0. The van der Waals surface area contributed by atoms with E-state index < -0.39 is 17.5 Å². The molecule has 134 valence electrons. The van der Waals surface area contributed by atoms with E-state index in [0.29, 0.717) is 23.8 Å². The highest BCUT2D eigenvalue weighted by Crippen LogP contribution is 2.35. The third-order valence-electron chi connectivity index (χ3n) is 4.71. The highest BCUT2D eigenvalue weighted by Gasteiger charge is 2.52. The molecule has 3 rings (SSSR count). The van der Waals surface area contributed by atoms with Crippen LogP contribution < -0.4 is 10.7 Å². The van der Waals surface area contributed by atoms with Crippen LogP contribution in [0.1, 0.15) is 32.6 Å². The molecule has 25 heavy (non-hydrogen) atoms. The minimum Gasteiger partial charge on any atom is -0.322 e. The van der Waals surface area contributed by atoms with Gasteiger partial charge in [0.1, 0.15) is 5.54 Å². The lowest BCUT2D eigenvalue weighted by atomic mass is 9.77. The van der Waals surface area contributed by atoms with Crippen LogP contribution in [0.25, 0.3) is 0 Å². The van der Waals surface area contributed by atoms with Gasteiger partial charge in [0.15, 0.2) is 0 Å². The summed E-state index contributed by atoms with van der Waals surface area (Å²) in [6.07, 6.45) is 3.01. The molecule has 2 aliphatic rings. The van der Waals surface area contributed by atoms with Crippen LogP contribution >= 0.6 is 23.4 Å². The number of carbonyl (C=O) groups is 3. The number of hydrogen-bond acceptors (Lipinski definition) is 4. The van der Waals surface area contributed by atoms with Crippen LogP contribution in [0.3, 0.4) is 0 Å². The summed E-state index contributed by atoms with van der Waals surface area (Å²) in [4.78, 5) is 37.8. The Labute approximate surface area is 155 Å². The van der Waals surface area contributed by atoms with E-state index in [1.54, 1.807) is 12.1 Å². The van der Waals surface area contributed by atoms with Crippen molar-refractivity contribution in [1.29, 1.82) is 0 Å². The number of hydrazine groups is 1. The molecule has 6 nitrogen and oxygen atoms in total. The van der Waals surface area contributed by atoms with E-state index >= 15 is 0 Å². The molecule has 1 aromatic rings. The van der Waals surface area contributed by atoms with Crippen LogP contribution in [0.15, 0.2) is 29.2 Å². The maximum absolute atomic E-state index is 12.7. The first-order valence-electron chi connectivity index (χ1n) is 8.24. The van der Waals surface area contributed by atoms with Crippen LogP contribution in [0, 0.1) is 5.92 Å². The average Bonchev–Trinajstić information content (AvgIpc) is 2.82. The maximum atomic E-state index is 12.7. The summed E-state index contributed by atoms with van der Waals surface area (Å²) < 4.78 is 0. The zero-order chi connectivity index (χ0) is 18.0. The van der Waals surface area contributed by atoms with Gasteiger partial charge in [-0.25, -0.2) is 4.79 Å². The van der Waals surface area contributed by atoms with Gasteiger partial charge in [0.25, 0.3) is 5.91 Å². The van der Waals surface area contributed by atoms with Gasteiger partial charge in [0.2, 0.25) is 5.91 Å². The largest absolute Gasteiger partial charge is 0.344 e. The van der Waals surface area contributed by atoms with E-state index in [9.17, 15) is 14.4 Å². The van der Waals surface area contributed by atoms with Crippen LogP contribution in [0.4, 0.5) is 4.79 Å². The molecular weight excluding hydrogens is 362 g/mol. The highest BCUT2D eigenvalue weighted by atomic mass is 35.5. The second-order valence-corrected chi connectivity index (χ2v) is 8.10. The van der Waals surface area contributed by atoms with Crippen molar-refractivity contribution in [3.8, 4) is 0 Å². The Balaban J connectivity index is 1.56. The molecule has 1 aromatic carbocycles. The maximum Gasteiger partial charge on any atom is 0.344 e. The van der Waals surface area contributed by atoms with Gasteiger partial charge in [-0.15, -0.1) is 11.8 Å². The fraction of sp³-hybridized carbons (Fsp3) is 0.471. The van der Waals surface area contributed by atoms with Crippen molar-refractivity contribution in [3.05, 3.63) is 29.3 Å². The molecule has 1 heterocycles. The standard InChI is InChI=1S/C17H20ClN3O3S/c1-11-6-8-17(9-7-11)15(23)21(16(24)19-17)20-14(22)10-25-13-4-2-12(18)3-5-13/h2-5,11H,6-10H2,1H3,(H,19,24)(H,20,22). The fourth-order valence-electron chi connectivity index (χ4n) is 3.15. The van der Waals surface area contributed by atoms with E-state index in [2.05, 4.69) is 17.7 Å². The van der Waals surface area contributed by atoms with Gasteiger partial charge in [-0.05, 0) is 55.9 Å². The predicted octanol–water partition coefficient (Wildman–Crippen LogP) is 2.96. The lowest BCUT2D eigenvalue weighted by Gasteiger charge is -2.33. The summed E-state index contributed by atoms with van der Waals surface area (Å²) in [6.45, 7) is 2.14. The number of halogens is 1. The first-order chi connectivity index (χ1) is 11.9. The molecule has 2 N–H and O–H groups in total. The van der Waals surface area contributed by atoms with E-state index in [-0.39, 0.29) is 11.7 Å². The lowest BCUT2D eigenvalue weighted by molar-refractivity contribution is -0.139. The molecule has 0 aromatic heterocycles. The molecule has 0 radical (unpaired) electrons. The van der Waals surface area contributed by atoms with E-state index in [4.69, 9.17) is 11.6 Å². The number of benzene rings is 1. The number of carbonyl (C=O) groups excluding carboxylic acids is 3. The van der Waals surface area contributed by atoms with Crippen LogP contribution in [-0.4, -0.2) is 34.1 Å². The number of thioether (sulfide) groups is 1. The van der Waals surface area contributed by atoms with Gasteiger partial charge in [-0.1, -0.05) is 18.5 Å². The number of nitrogens with one attached hydrogen (secondary N) is 2.